The zero-order valence-corrected chi connectivity index (χ0v) is 21.3. The summed E-state index contributed by atoms with van der Waals surface area (Å²) in [4.78, 5) is 11.8. The third-order valence-corrected chi connectivity index (χ3v) is 6.32. The van der Waals surface area contributed by atoms with Gasteiger partial charge in [-0.2, -0.15) is 0 Å². The number of hydrogen-bond acceptors (Lipinski definition) is 4. The third kappa shape index (κ3) is 12.8. The number of rotatable bonds is 18. The molecule has 1 atom stereocenters. The first-order valence-corrected chi connectivity index (χ1v) is 13.0. The van der Waals surface area contributed by atoms with Crippen LogP contribution >= 0.6 is 0 Å². The summed E-state index contributed by atoms with van der Waals surface area (Å²) in [7, 11) is 0. The second kappa shape index (κ2) is 14.5. The van der Waals surface area contributed by atoms with Crippen LogP contribution in [-0.4, -0.2) is 41.0 Å². The van der Waals surface area contributed by atoms with E-state index in [2.05, 4.69) is 31.4 Å². The molecule has 1 rings (SSSR count). The number of ether oxygens (including phenoxy) is 1. The molecule has 1 heterocycles. The molecule has 1 aliphatic heterocycles. The van der Waals surface area contributed by atoms with E-state index in [1.807, 2.05) is 13.8 Å². The molecule has 184 valence electrons. The molecule has 0 bridgehead atoms. The van der Waals surface area contributed by atoms with Gasteiger partial charge in [0.25, 0.3) is 0 Å². The molecule has 0 radical (unpaired) electrons. The van der Waals surface area contributed by atoms with Crippen LogP contribution in [0, 0.1) is 0 Å². The van der Waals surface area contributed by atoms with E-state index in [4.69, 9.17) is 4.74 Å². The molecule has 0 aliphatic carbocycles. The lowest BCUT2D eigenvalue weighted by Crippen LogP contribution is -2.48. The molecule has 1 unspecified atom stereocenters. The first-order chi connectivity index (χ1) is 14.6. The topological polar surface area (TPSA) is 70.6 Å². The SMILES string of the molecule is CCCCC1(CCCCCCCCCCCCC(=O)NC(C)(C)CO)NC(C)(C)CO1. The minimum Gasteiger partial charge on any atom is -0.394 e. The average molecular weight is 441 g/mol. The van der Waals surface area contributed by atoms with E-state index in [1.165, 1.54) is 64.2 Å². The second-order valence-corrected chi connectivity index (χ2v) is 11.0. The second-order valence-electron chi connectivity index (χ2n) is 11.0. The summed E-state index contributed by atoms with van der Waals surface area (Å²) in [6.07, 6.45) is 17.7. The Bertz CT molecular complexity index is 493. The summed E-state index contributed by atoms with van der Waals surface area (Å²) < 4.78 is 6.25. The number of amides is 1. The summed E-state index contributed by atoms with van der Waals surface area (Å²) in [5.74, 6) is 0.0530. The Morgan fingerprint density at radius 1 is 0.935 bits per heavy atom. The molecule has 0 aromatic carbocycles. The summed E-state index contributed by atoms with van der Waals surface area (Å²) in [6, 6.07) is 0. The number of hydrogen-bond donors (Lipinski definition) is 3. The number of unbranched alkanes of at least 4 members (excludes halogenated alkanes) is 10. The highest BCUT2D eigenvalue weighted by Gasteiger charge is 2.42. The van der Waals surface area contributed by atoms with Crippen LogP contribution in [-0.2, 0) is 9.53 Å². The van der Waals surface area contributed by atoms with Gasteiger partial charge < -0.3 is 15.2 Å². The van der Waals surface area contributed by atoms with E-state index in [1.54, 1.807) is 0 Å². The first kappa shape index (κ1) is 28.4. The number of nitrogens with one attached hydrogen (secondary N) is 2. The summed E-state index contributed by atoms with van der Waals surface area (Å²) in [5.41, 5.74) is -0.484. The van der Waals surface area contributed by atoms with Crippen LogP contribution in [0.1, 0.15) is 131 Å². The fraction of sp³-hybridized carbons (Fsp3) is 0.962. The van der Waals surface area contributed by atoms with Crippen molar-refractivity contribution < 1.29 is 14.6 Å². The highest BCUT2D eigenvalue weighted by Crippen LogP contribution is 2.32. The normalized spacial score (nSPS) is 20.8. The maximum Gasteiger partial charge on any atom is 0.220 e. The van der Waals surface area contributed by atoms with E-state index < -0.39 is 5.54 Å². The van der Waals surface area contributed by atoms with Gasteiger partial charge in [0.15, 0.2) is 0 Å². The predicted octanol–water partition coefficient (Wildman–Crippen LogP) is 5.84. The number of carbonyl (C=O) groups excluding carboxylic acids is 1. The largest absolute Gasteiger partial charge is 0.394 e. The van der Waals surface area contributed by atoms with E-state index >= 15 is 0 Å². The highest BCUT2D eigenvalue weighted by molar-refractivity contribution is 5.76. The van der Waals surface area contributed by atoms with Crippen molar-refractivity contribution in [1.29, 1.82) is 0 Å². The molecule has 1 aliphatic rings. The first-order valence-electron chi connectivity index (χ1n) is 13.0. The van der Waals surface area contributed by atoms with Crippen LogP contribution in [0.3, 0.4) is 0 Å². The monoisotopic (exact) mass is 440 g/mol. The van der Waals surface area contributed by atoms with Gasteiger partial charge in [0.05, 0.1) is 18.8 Å². The van der Waals surface area contributed by atoms with Gasteiger partial charge in [-0.25, -0.2) is 0 Å². The Morgan fingerprint density at radius 3 is 1.94 bits per heavy atom. The highest BCUT2D eigenvalue weighted by atomic mass is 16.5. The van der Waals surface area contributed by atoms with Gasteiger partial charge in [-0.3, -0.25) is 10.1 Å². The standard InChI is InChI=1S/C26H52N2O3/c1-6-7-19-26(28-25(4,5)22-31-26)20-17-15-13-11-9-8-10-12-14-16-18-23(30)27-24(2,3)21-29/h28-29H,6-22H2,1-5H3,(H,27,30). The van der Waals surface area contributed by atoms with Crippen LogP contribution in [0.25, 0.3) is 0 Å². The van der Waals surface area contributed by atoms with Crippen molar-refractivity contribution in [3.8, 4) is 0 Å². The van der Waals surface area contributed by atoms with Gasteiger partial charge in [-0.05, 0) is 59.8 Å². The van der Waals surface area contributed by atoms with Gasteiger partial charge in [0, 0.05) is 12.0 Å². The van der Waals surface area contributed by atoms with Crippen molar-refractivity contribution in [2.75, 3.05) is 13.2 Å². The van der Waals surface area contributed by atoms with Gasteiger partial charge >= 0.3 is 0 Å². The van der Waals surface area contributed by atoms with Crippen molar-refractivity contribution in [3.05, 3.63) is 0 Å². The van der Waals surface area contributed by atoms with Crippen LogP contribution in [0.15, 0.2) is 0 Å². The smallest absolute Gasteiger partial charge is 0.220 e. The molecule has 5 nitrogen and oxygen atoms in total. The van der Waals surface area contributed by atoms with E-state index in [-0.39, 0.29) is 23.8 Å². The molecule has 31 heavy (non-hydrogen) atoms. The lowest BCUT2D eigenvalue weighted by Gasteiger charge is -2.31. The molecule has 0 spiro atoms. The van der Waals surface area contributed by atoms with Gasteiger partial charge in [0.1, 0.15) is 5.72 Å². The maximum absolute atomic E-state index is 11.8. The number of aliphatic hydroxyl groups excluding tert-OH is 1. The summed E-state index contributed by atoms with van der Waals surface area (Å²) in [6.45, 7) is 11.2. The Balaban J connectivity index is 1.98. The van der Waals surface area contributed by atoms with Crippen LogP contribution in [0.4, 0.5) is 0 Å². The summed E-state index contributed by atoms with van der Waals surface area (Å²) >= 11 is 0. The van der Waals surface area contributed by atoms with Gasteiger partial charge in [0.2, 0.25) is 5.91 Å². The summed E-state index contributed by atoms with van der Waals surface area (Å²) in [5, 5.41) is 15.8. The molecule has 1 saturated heterocycles. The zero-order valence-electron chi connectivity index (χ0n) is 21.3. The maximum atomic E-state index is 11.8. The molecule has 1 fully saturated rings. The van der Waals surface area contributed by atoms with Crippen LogP contribution < -0.4 is 10.6 Å². The molecule has 1 amide bonds. The third-order valence-electron chi connectivity index (χ3n) is 6.32. The van der Waals surface area contributed by atoms with Crippen LogP contribution in [0.2, 0.25) is 0 Å². The molecular formula is C26H52N2O3. The Hall–Kier alpha value is -0.650. The van der Waals surface area contributed by atoms with E-state index in [9.17, 15) is 9.90 Å². The lowest BCUT2D eigenvalue weighted by atomic mass is 9.96. The van der Waals surface area contributed by atoms with Crippen LogP contribution in [0.5, 0.6) is 0 Å². The fourth-order valence-electron chi connectivity index (χ4n) is 4.45. The molecule has 0 saturated carbocycles. The lowest BCUT2D eigenvalue weighted by molar-refractivity contribution is -0.123. The Morgan fingerprint density at radius 2 is 1.45 bits per heavy atom. The number of carbonyl (C=O) groups is 1. The van der Waals surface area contributed by atoms with Crippen molar-refractivity contribution in [1.82, 2.24) is 10.6 Å². The van der Waals surface area contributed by atoms with Crippen molar-refractivity contribution in [2.45, 2.75) is 148 Å². The molecule has 0 aromatic rings. The average Bonchev–Trinajstić information content (AvgIpc) is 3.02. The Kier molecular flexibility index (Phi) is 13.3. The van der Waals surface area contributed by atoms with Crippen molar-refractivity contribution in [3.63, 3.8) is 0 Å². The van der Waals surface area contributed by atoms with Gasteiger partial charge in [-0.15, -0.1) is 0 Å². The predicted molar refractivity (Wildman–Crippen MR) is 130 cm³/mol. The minimum absolute atomic E-state index is 0.0265. The van der Waals surface area contributed by atoms with E-state index in [0.29, 0.717) is 6.42 Å². The van der Waals surface area contributed by atoms with Crippen molar-refractivity contribution >= 4 is 5.91 Å². The molecule has 5 heteroatoms. The Labute approximate surface area is 192 Å². The molecule has 0 aromatic heterocycles. The molecular weight excluding hydrogens is 388 g/mol. The number of aliphatic hydroxyl groups is 1. The van der Waals surface area contributed by atoms with Gasteiger partial charge in [-0.1, -0.05) is 64.7 Å². The van der Waals surface area contributed by atoms with Crippen molar-refractivity contribution in [2.24, 2.45) is 0 Å². The van der Waals surface area contributed by atoms with E-state index in [0.717, 1.165) is 32.3 Å². The molecule has 3 N–H and O–H groups in total. The quantitative estimate of drug-likeness (QED) is 0.234. The fourth-order valence-corrected chi connectivity index (χ4v) is 4.45. The zero-order chi connectivity index (χ0) is 23.2. The minimum atomic E-state index is -0.510.